The van der Waals surface area contributed by atoms with Gasteiger partial charge in [-0.3, -0.25) is 0 Å². The molecule has 0 aromatic rings. The smallest absolute Gasteiger partial charge is 0.0233 e. The molecule has 0 nitrogen and oxygen atoms in total. The Morgan fingerprint density at radius 3 is 2.24 bits per heavy atom. The van der Waals surface area contributed by atoms with Crippen LogP contribution in [0.1, 0.15) is 71.1 Å². The summed E-state index contributed by atoms with van der Waals surface area (Å²) in [6.45, 7) is 6.18. The van der Waals surface area contributed by atoms with Gasteiger partial charge in [-0.15, -0.1) is 6.58 Å². The predicted molar refractivity (Wildman–Crippen MR) is 78.2 cm³/mol. The van der Waals surface area contributed by atoms with Crippen LogP contribution in [0.3, 0.4) is 0 Å². The Balaban J connectivity index is 1.99. The molecule has 0 aromatic heterocycles. The zero-order valence-corrected chi connectivity index (χ0v) is 11.7. The Labute approximate surface area is 108 Å². The van der Waals surface area contributed by atoms with E-state index in [4.69, 9.17) is 0 Å². The maximum Gasteiger partial charge on any atom is -0.0233 e. The highest BCUT2D eigenvalue weighted by Crippen LogP contribution is 2.30. The van der Waals surface area contributed by atoms with E-state index in [1.807, 2.05) is 0 Å². The van der Waals surface area contributed by atoms with Gasteiger partial charge in [0.05, 0.1) is 0 Å². The highest BCUT2D eigenvalue weighted by atomic mass is 14.2. The number of rotatable bonds is 8. The molecule has 0 spiro atoms. The molecule has 0 unspecified atom stereocenters. The van der Waals surface area contributed by atoms with Crippen molar-refractivity contribution in [1.82, 2.24) is 0 Å². The zero-order chi connectivity index (χ0) is 12.3. The summed E-state index contributed by atoms with van der Waals surface area (Å²) in [6, 6.07) is 0. The monoisotopic (exact) mass is 234 g/mol. The van der Waals surface area contributed by atoms with Crippen molar-refractivity contribution < 1.29 is 0 Å². The van der Waals surface area contributed by atoms with Crippen LogP contribution in [0.5, 0.6) is 0 Å². The topological polar surface area (TPSA) is 0 Å². The molecule has 0 saturated heterocycles. The van der Waals surface area contributed by atoms with Gasteiger partial charge in [0.25, 0.3) is 0 Å². The van der Waals surface area contributed by atoms with Crippen molar-refractivity contribution in [3.8, 4) is 0 Å². The van der Waals surface area contributed by atoms with Crippen LogP contribution < -0.4 is 0 Å². The summed E-state index contributed by atoms with van der Waals surface area (Å²) in [5.41, 5.74) is 0. The molecule has 0 heteroatoms. The minimum Gasteiger partial charge on any atom is -0.103 e. The molecule has 17 heavy (non-hydrogen) atoms. The first-order valence-electron chi connectivity index (χ1n) is 7.66. The highest BCUT2D eigenvalue weighted by Gasteiger charge is 2.16. The summed E-state index contributed by atoms with van der Waals surface area (Å²) in [6.07, 6.45) is 20.8. The van der Waals surface area contributed by atoms with Crippen molar-refractivity contribution in [1.29, 1.82) is 0 Å². The van der Waals surface area contributed by atoms with Crippen LogP contribution in [0.4, 0.5) is 0 Å². The van der Waals surface area contributed by atoms with E-state index >= 15 is 0 Å². The fraction of sp³-hybridized carbons (Fsp3) is 0.765. The maximum atomic E-state index is 3.90. The molecule has 0 amide bonds. The second-order valence-corrected chi connectivity index (χ2v) is 5.54. The van der Waals surface area contributed by atoms with Gasteiger partial charge >= 0.3 is 0 Å². The first-order valence-corrected chi connectivity index (χ1v) is 7.66. The third kappa shape index (κ3) is 6.71. The second-order valence-electron chi connectivity index (χ2n) is 5.54. The van der Waals surface area contributed by atoms with E-state index in [2.05, 4.69) is 31.7 Å². The van der Waals surface area contributed by atoms with E-state index in [0.29, 0.717) is 0 Å². The molecule has 1 saturated carbocycles. The molecule has 1 fully saturated rings. The van der Waals surface area contributed by atoms with Crippen molar-refractivity contribution in [2.24, 2.45) is 11.8 Å². The lowest BCUT2D eigenvalue weighted by Crippen LogP contribution is -2.10. The van der Waals surface area contributed by atoms with Crippen LogP contribution in [-0.4, -0.2) is 0 Å². The average Bonchev–Trinajstić information content (AvgIpc) is 2.38. The molecule has 0 atom stereocenters. The van der Waals surface area contributed by atoms with Crippen LogP contribution in [0.15, 0.2) is 24.8 Å². The van der Waals surface area contributed by atoms with Crippen LogP contribution >= 0.6 is 0 Å². The number of hydrogen-bond acceptors (Lipinski definition) is 0. The Hall–Kier alpha value is -0.520. The highest BCUT2D eigenvalue weighted by molar-refractivity contribution is 4.93. The van der Waals surface area contributed by atoms with Gasteiger partial charge in [0.1, 0.15) is 0 Å². The molecule has 0 radical (unpaired) electrons. The Kier molecular flexibility index (Phi) is 8.13. The lowest BCUT2D eigenvalue weighted by atomic mass is 9.82. The standard InChI is InChI=1S/C17H30/c1-3-5-6-7-8-9-10-11-17-14-12-16(4-2)13-15-17/h4,10-11,16-17H,2-3,5-9,12-15H2,1H3. The Bertz CT molecular complexity index is 206. The third-order valence-electron chi connectivity index (χ3n) is 4.03. The average molecular weight is 234 g/mol. The van der Waals surface area contributed by atoms with Gasteiger partial charge in [-0.25, -0.2) is 0 Å². The molecule has 1 aliphatic carbocycles. The summed E-state index contributed by atoms with van der Waals surface area (Å²) >= 11 is 0. The van der Waals surface area contributed by atoms with Crippen LogP contribution in [0.25, 0.3) is 0 Å². The van der Waals surface area contributed by atoms with Gasteiger partial charge in [-0.05, 0) is 50.4 Å². The quantitative estimate of drug-likeness (QED) is 0.362. The molecular formula is C17H30. The van der Waals surface area contributed by atoms with Gasteiger partial charge in [0, 0.05) is 0 Å². The summed E-state index contributed by atoms with van der Waals surface area (Å²) in [4.78, 5) is 0. The molecular weight excluding hydrogens is 204 g/mol. The zero-order valence-electron chi connectivity index (χ0n) is 11.7. The Morgan fingerprint density at radius 1 is 0.941 bits per heavy atom. The van der Waals surface area contributed by atoms with Crippen molar-refractivity contribution in [3.05, 3.63) is 24.8 Å². The van der Waals surface area contributed by atoms with Gasteiger partial charge in [0.2, 0.25) is 0 Å². The summed E-state index contributed by atoms with van der Waals surface area (Å²) < 4.78 is 0. The van der Waals surface area contributed by atoms with Crippen LogP contribution in [-0.2, 0) is 0 Å². The normalized spacial score (nSPS) is 25.2. The fourth-order valence-electron chi connectivity index (χ4n) is 2.73. The minimum absolute atomic E-state index is 0.800. The number of unbranched alkanes of at least 4 members (excludes halogenated alkanes) is 5. The van der Waals surface area contributed by atoms with Gasteiger partial charge in [0.15, 0.2) is 0 Å². The van der Waals surface area contributed by atoms with E-state index in [1.54, 1.807) is 0 Å². The molecule has 0 aliphatic heterocycles. The fourth-order valence-corrected chi connectivity index (χ4v) is 2.73. The molecule has 0 heterocycles. The second kappa shape index (κ2) is 9.50. The first kappa shape index (κ1) is 14.5. The largest absolute Gasteiger partial charge is 0.103 e. The molecule has 1 rings (SSSR count). The number of allylic oxidation sites excluding steroid dienone is 3. The lowest BCUT2D eigenvalue weighted by Gasteiger charge is -2.24. The van der Waals surface area contributed by atoms with Gasteiger partial charge in [-0.2, -0.15) is 0 Å². The van der Waals surface area contributed by atoms with E-state index in [9.17, 15) is 0 Å². The van der Waals surface area contributed by atoms with Crippen molar-refractivity contribution in [2.75, 3.05) is 0 Å². The SMILES string of the molecule is C=CC1CCC(C=CCCCCCCC)CC1. The van der Waals surface area contributed by atoms with Crippen molar-refractivity contribution in [3.63, 3.8) is 0 Å². The van der Waals surface area contributed by atoms with Crippen LogP contribution in [0.2, 0.25) is 0 Å². The molecule has 98 valence electrons. The van der Waals surface area contributed by atoms with Crippen LogP contribution in [0, 0.1) is 11.8 Å². The minimum atomic E-state index is 0.800. The number of hydrogen-bond donors (Lipinski definition) is 0. The summed E-state index contributed by atoms with van der Waals surface area (Å²) in [7, 11) is 0. The summed E-state index contributed by atoms with van der Waals surface area (Å²) in [5.74, 6) is 1.66. The van der Waals surface area contributed by atoms with E-state index in [1.165, 1.54) is 64.2 Å². The summed E-state index contributed by atoms with van der Waals surface area (Å²) in [5, 5.41) is 0. The molecule has 0 bridgehead atoms. The molecule has 0 N–H and O–H groups in total. The van der Waals surface area contributed by atoms with E-state index < -0.39 is 0 Å². The molecule has 1 aliphatic rings. The first-order chi connectivity index (χ1) is 8.36. The van der Waals surface area contributed by atoms with Gasteiger partial charge < -0.3 is 0 Å². The van der Waals surface area contributed by atoms with Gasteiger partial charge in [-0.1, -0.05) is 50.8 Å². The predicted octanol–water partition coefficient (Wildman–Crippen LogP) is 5.90. The lowest BCUT2D eigenvalue weighted by molar-refractivity contribution is 0.356. The third-order valence-corrected chi connectivity index (χ3v) is 4.03. The van der Waals surface area contributed by atoms with Crippen molar-refractivity contribution >= 4 is 0 Å². The Morgan fingerprint density at radius 2 is 1.59 bits per heavy atom. The van der Waals surface area contributed by atoms with E-state index in [0.717, 1.165) is 11.8 Å². The molecule has 0 aromatic carbocycles. The van der Waals surface area contributed by atoms with Crippen molar-refractivity contribution in [2.45, 2.75) is 71.1 Å². The van der Waals surface area contributed by atoms with E-state index in [-0.39, 0.29) is 0 Å². The maximum absolute atomic E-state index is 3.90.